The molecule has 0 aromatic rings. The predicted molar refractivity (Wildman–Crippen MR) is 101 cm³/mol. The molecule has 0 aliphatic rings. The third-order valence-corrected chi connectivity index (χ3v) is 7.76. The molecular weight excluding hydrogens is 440 g/mol. The first-order valence-electron chi connectivity index (χ1n) is 8.53. The van der Waals surface area contributed by atoms with E-state index in [2.05, 4.69) is 0 Å². The normalized spacial score (nSPS) is 11.3. The summed E-state index contributed by atoms with van der Waals surface area (Å²) in [4.78, 5) is 68.5. The molecule has 30 heavy (non-hydrogen) atoms. The molecule has 0 fully saturated rings. The second-order valence-electron chi connectivity index (χ2n) is 5.81. The van der Waals surface area contributed by atoms with Gasteiger partial charge in [-0.15, -0.1) is 0 Å². The van der Waals surface area contributed by atoms with Crippen LogP contribution in [-0.4, -0.2) is 53.4 Å². The van der Waals surface area contributed by atoms with E-state index in [1.54, 1.807) is 0 Å². The van der Waals surface area contributed by atoms with E-state index < -0.39 is 53.4 Å². The van der Waals surface area contributed by atoms with Crippen LogP contribution in [0.2, 0.25) is 12.1 Å². The molecular formula is C16H24O12Si2. The highest BCUT2D eigenvalue weighted by Crippen LogP contribution is 2.21. The van der Waals surface area contributed by atoms with Crippen LogP contribution in [0.4, 0.5) is 0 Å². The summed E-state index contributed by atoms with van der Waals surface area (Å²) >= 11 is 0. The SMILES string of the molecule is CC(=O)O[Si](CC=CC[Si](OC(C)=O)(OC(C)=O)OC(C)=O)(OC(C)=O)OC(C)=O. The fraction of sp³-hybridized carbons (Fsp3) is 0.500. The zero-order valence-corrected chi connectivity index (χ0v) is 19.5. The van der Waals surface area contributed by atoms with Gasteiger partial charge in [0.25, 0.3) is 35.8 Å². The molecule has 0 aliphatic carbocycles. The van der Waals surface area contributed by atoms with Crippen molar-refractivity contribution in [3.63, 3.8) is 0 Å². The topological polar surface area (TPSA) is 158 Å². The molecule has 12 nitrogen and oxygen atoms in total. The van der Waals surface area contributed by atoms with Gasteiger partial charge in [0, 0.05) is 41.5 Å². The second kappa shape index (κ2) is 11.9. The molecule has 0 N–H and O–H groups in total. The molecule has 0 aromatic heterocycles. The second-order valence-corrected chi connectivity index (χ2v) is 10.6. The maximum absolute atomic E-state index is 11.4. The van der Waals surface area contributed by atoms with Gasteiger partial charge in [0.05, 0.1) is 12.1 Å². The third-order valence-electron chi connectivity index (χ3n) is 2.70. The Balaban J connectivity index is 5.75. The number of rotatable bonds is 10. The lowest BCUT2D eigenvalue weighted by Crippen LogP contribution is -2.49. The Morgan fingerprint density at radius 1 is 0.467 bits per heavy atom. The van der Waals surface area contributed by atoms with Gasteiger partial charge >= 0.3 is 17.6 Å². The van der Waals surface area contributed by atoms with Crippen molar-refractivity contribution in [2.24, 2.45) is 0 Å². The summed E-state index contributed by atoms with van der Waals surface area (Å²) in [7, 11) is -8.24. The highest BCUT2D eigenvalue weighted by Gasteiger charge is 2.52. The van der Waals surface area contributed by atoms with Gasteiger partial charge in [0.15, 0.2) is 0 Å². The van der Waals surface area contributed by atoms with Gasteiger partial charge in [-0.3, -0.25) is 28.8 Å². The van der Waals surface area contributed by atoms with Crippen LogP contribution in [0.5, 0.6) is 0 Å². The minimum atomic E-state index is -4.12. The van der Waals surface area contributed by atoms with Gasteiger partial charge in [0.1, 0.15) is 0 Å². The lowest BCUT2D eigenvalue weighted by Gasteiger charge is -2.26. The van der Waals surface area contributed by atoms with Gasteiger partial charge in [-0.1, -0.05) is 12.2 Å². The van der Waals surface area contributed by atoms with Crippen LogP contribution >= 0.6 is 0 Å². The molecule has 0 saturated heterocycles. The fourth-order valence-corrected chi connectivity index (χ4v) is 6.43. The first kappa shape index (κ1) is 27.0. The van der Waals surface area contributed by atoms with Gasteiger partial charge < -0.3 is 26.6 Å². The minimum Gasteiger partial charge on any atom is -0.455 e. The van der Waals surface area contributed by atoms with Crippen molar-refractivity contribution in [3.05, 3.63) is 12.2 Å². The lowest BCUT2D eigenvalue weighted by molar-refractivity contribution is -0.150. The van der Waals surface area contributed by atoms with Gasteiger partial charge in [-0.05, 0) is 0 Å². The fourth-order valence-electron chi connectivity index (χ4n) is 2.14. The van der Waals surface area contributed by atoms with E-state index in [0.29, 0.717) is 0 Å². The van der Waals surface area contributed by atoms with E-state index in [1.165, 1.54) is 12.2 Å². The largest absolute Gasteiger partial charge is 0.709 e. The van der Waals surface area contributed by atoms with Gasteiger partial charge in [-0.25, -0.2) is 0 Å². The first-order valence-corrected chi connectivity index (χ1v) is 12.4. The Morgan fingerprint density at radius 2 is 0.633 bits per heavy atom. The van der Waals surface area contributed by atoms with Crippen molar-refractivity contribution in [3.8, 4) is 0 Å². The summed E-state index contributed by atoms with van der Waals surface area (Å²) < 4.78 is 30.0. The third kappa shape index (κ3) is 11.1. The summed E-state index contributed by atoms with van der Waals surface area (Å²) in [6.45, 7) is 6.24. The molecule has 0 saturated carbocycles. The average molecular weight is 465 g/mol. The maximum Gasteiger partial charge on any atom is 0.709 e. The van der Waals surface area contributed by atoms with Crippen LogP contribution in [0.1, 0.15) is 41.5 Å². The Kier molecular flexibility index (Phi) is 10.7. The average Bonchev–Trinajstić information content (AvgIpc) is 2.47. The summed E-state index contributed by atoms with van der Waals surface area (Å²) in [5.41, 5.74) is 0. The molecule has 0 aromatic carbocycles. The zero-order valence-electron chi connectivity index (χ0n) is 17.5. The minimum absolute atomic E-state index is 0.323. The smallest absolute Gasteiger partial charge is 0.455 e. The molecule has 0 atom stereocenters. The van der Waals surface area contributed by atoms with E-state index in [0.717, 1.165) is 41.5 Å². The molecule has 0 aliphatic heterocycles. The number of hydrogen-bond acceptors (Lipinski definition) is 12. The van der Waals surface area contributed by atoms with E-state index in [9.17, 15) is 28.8 Å². The monoisotopic (exact) mass is 464 g/mol. The van der Waals surface area contributed by atoms with Gasteiger partial charge in [0.2, 0.25) is 0 Å². The highest BCUT2D eigenvalue weighted by atomic mass is 28.4. The number of allylic oxidation sites excluding steroid dienone is 2. The molecule has 14 heteroatoms. The van der Waals surface area contributed by atoms with E-state index >= 15 is 0 Å². The van der Waals surface area contributed by atoms with Crippen molar-refractivity contribution in [2.75, 3.05) is 0 Å². The molecule has 0 amide bonds. The summed E-state index contributed by atoms with van der Waals surface area (Å²) in [5, 5.41) is 0. The highest BCUT2D eigenvalue weighted by molar-refractivity contribution is 6.67. The van der Waals surface area contributed by atoms with E-state index in [-0.39, 0.29) is 12.1 Å². The quantitative estimate of drug-likeness (QED) is 0.331. The number of hydrogen-bond donors (Lipinski definition) is 0. The van der Waals surface area contributed by atoms with Crippen LogP contribution in [0.3, 0.4) is 0 Å². The number of carbonyl (C=O) groups is 6. The first-order chi connectivity index (χ1) is 13.7. The van der Waals surface area contributed by atoms with Crippen molar-refractivity contribution in [1.29, 1.82) is 0 Å². The van der Waals surface area contributed by atoms with E-state index in [1.807, 2.05) is 0 Å². The summed E-state index contributed by atoms with van der Waals surface area (Å²) in [6.07, 6.45) is 2.58. The Labute approximate surface area is 175 Å². The Bertz CT molecular complexity index is 588. The molecule has 0 rings (SSSR count). The molecule has 0 radical (unpaired) electrons. The van der Waals surface area contributed by atoms with Crippen molar-refractivity contribution < 1.29 is 55.3 Å². The van der Waals surface area contributed by atoms with E-state index in [4.69, 9.17) is 26.6 Å². The molecule has 0 spiro atoms. The summed E-state index contributed by atoms with van der Waals surface area (Å²) in [5.74, 6) is -5.08. The standard InChI is InChI=1S/C16H24O12Si2/c1-11(17)23-29(24-12(2)18,25-13(3)19)9-7-8-10-30(26-14(4)20,27-15(5)21)28-16(6)22/h7-8H,9-10H2,1-6H3. The van der Waals surface area contributed by atoms with Crippen LogP contribution in [-0.2, 0) is 55.3 Å². The maximum atomic E-state index is 11.4. The van der Waals surface area contributed by atoms with Gasteiger partial charge in [-0.2, -0.15) is 0 Å². The van der Waals surface area contributed by atoms with Crippen LogP contribution in [0.15, 0.2) is 12.2 Å². The molecule has 168 valence electrons. The van der Waals surface area contributed by atoms with Crippen LogP contribution in [0.25, 0.3) is 0 Å². The van der Waals surface area contributed by atoms with Crippen molar-refractivity contribution in [1.82, 2.24) is 0 Å². The Hall–Kier alpha value is -3.01. The molecule has 0 unspecified atom stereocenters. The van der Waals surface area contributed by atoms with Crippen LogP contribution in [0, 0.1) is 0 Å². The zero-order chi connectivity index (χ0) is 23.5. The van der Waals surface area contributed by atoms with Crippen molar-refractivity contribution >= 4 is 53.4 Å². The summed E-state index contributed by atoms with van der Waals surface area (Å²) in [6, 6.07) is -0.646. The number of carbonyl (C=O) groups excluding carboxylic acids is 6. The molecule has 0 bridgehead atoms. The van der Waals surface area contributed by atoms with Crippen LogP contribution < -0.4 is 0 Å². The lowest BCUT2D eigenvalue weighted by atomic mass is 10.6. The molecule has 0 heterocycles. The predicted octanol–water partition coefficient (Wildman–Crippen LogP) is 0.799. The van der Waals surface area contributed by atoms with Crippen molar-refractivity contribution in [2.45, 2.75) is 53.6 Å². The Morgan fingerprint density at radius 3 is 0.767 bits per heavy atom.